The van der Waals surface area contributed by atoms with E-state index < -0.39 is 9.05 Å². The van der Waals surface area contributed by atoms with Crippen LogP contribution in [0.3, 0.4) is 0 Å². The van der Waals surface area contributed by atoms with Gasteiger partial charge >= 0.3 is 0 Å². The summed E-state index contributed by atoms with van der Waals surface area (Å²) in [5.41, 5.74) is 0.331. The fourth-order valence-corrected chi connectivity index (χ4v) is 4.04. The summed E-state index contributed by atoms with van der Waals surface area (Å²) in [5, 5.41) is 2.90. The average Bonchev–Trinajstić information content (AvgIpc) is 3.06. The topological polar surface area (TPSA) is 63.2 Å². The van der Waals surface area contributed by atoms with Crippen LogP contribution in [0, 0.1) is 5.41 Å². The molecule has 1 fully saturated rings. The zero-order valence-electron chi connectivity index (χ0n) is 10.5. The van der Waals surface area contributed by atoms with E-state index >= 15 is 0 Å². The van der Waals surface area contributed by atoms with Crippen molar-refractivity contribution >= 4 is 53.2 Å². The molecule has 0 bridgehead atoms. The predicted octanol–water partition coefficient (Wildman–Crippen LogP) is 3.56. The van der Waals surface area contributed by atoms with E-state index in [1.54, 1.807) is 0 Å². The van der Waals surface area contributed by atoms with Crippen LogP contribution in [0.25, 0.3) is 0 Å². The summed E-state index contributed by atoms with van der Waals surface area (Å²) in [6, 6.07) is 2.62. The van der Waals surface area contributed by atoms with Crippen molar-refractivity contribution in [3.8, 4) is 0 Å². The Balaban J connectivity index is 2.28. The molecule has 1 aromatic carbocycles. The van der Waals surface area contributed by atoms with Crippen molar-refractivity contribution in [1.82, 2.24) is 5.32 Å². The molecule has 1 amide bonds. The molecule has 20 heavy (non-hydrogen) atoms. The Morgan fingerprint density at radius 3 is 2.55 bits per heavy atom. The average molecular weight is 401 g/mol. The number of carbonyl (C=O) groups excluding carboxylic acids is 1. The molecule has 0 spiro atoms. The fraction of sp³-hybridized carbons (Fsp3) is 0.417. The molecule has 0 heterocycles. The zero-order chi connectivity index (χ0) is 15.1. The molecule has 8 heteroatoms. The first-order valence-electron chi connectivity index (χ1n) is 5.84. The lowest BCUT2D eigenvalue weighted by atomic mass is 10.1. The minimum Gasteiger partial charge on any atom is -0.351 e. The summed E-state index contributed by atoms with van der Waals surface area (Å²) in [7, 11) is 1.34. The van der Waals surface area contributed by atoms with Crippen molar-refractivity contribution < 1.29 is 13.2 Å². The first kappa shape index (κ1) is 16.1. The van der Waals surface area contributed by atoms with Crippen LogP contribution in [0.5, 0.6) is 0 Å². The lowest BCUT2D eigenvalue weighted by molar-refractivity contribution is 0.0946. The summed E-state index contributed by atoms with van der Waals surface area (Å²) in [6.45, 7) is 2.64. The van der Waals surface area contributed by atoms with E-state index in [1.807, 2.05) is 0 Å². The van der Waals surface area contributed by atoms with E-state index in [9.17, 15) is 13.2 Å². The molecule has 0 radical (unpaired) electrons. The third kappa shape index (κ3) is 3.67. The van der Waals surface area contributed by atoms with Crippen LogP contribution in [0.15, 0.2) is 21.5 Å². The molecule has 1 saturated carbocycles. The van der Waals surface area contributed by atoms with Gasteiger partial charge in [-0.2, -0.15) is 0 Å². The molecular weight excluding hydrogens is 389 g/mol. The van der Waals surface area contributed by atoms with Gasteiger partial charge in [-0.25, -0.2) is 8.42 Å². The predicted molar refractivity (Wildman–Crippen MR) is 81.9 cm³/mol. The van der Waals surface area contributed by atoms with Crippen LogP contribution in [-0.4, -0.2) is 20.9 Å². The van der Waals surface area contributed by atoms with E-state index in [2.05, 4.69) is 28.2 Å². The van der Waals surface area contributed by atoms with E-state index in [0.717, 1.165) is 12.8 Å². The minimum atomic E-state index is -3.98. The number of hydrogen-bond acceptors (Lipinski definition) is 3. The second-order valence-corrected chi connectivity index (χ2v) is 8.94. The summed E-state index contributed by atoms with van der Waals surface area (Å²) in [6.07, 6.45) is 2.16. The molecule has 0 atom stereocenters. The van der Waals surface area contributed by atoms with Crippen molar-refractivity contribution in [3.63, 3.8) is 0 Å². The molecule has 0 unspecified atom stereocenters. The fourth-order valence-electron chi connectivity index (χ4n) is 1.66. The summed E-state index contributed by atoms with van der Waals surface area (Å²) in [5.74, 6) is -0.367. The van der Waals surface area contributed by atoms with Gasteiger partial charge in [-0.05, 0) is 46.3 Å². The third-order valence-corrected chi connectivity index (χ3v) is 6.29. The van der Waals surface area contributed by atoms with E-state index in [4.69, 9.17) is 22.3 Å². The molecule has 0 aliphatic heterocycles. The Labute approximate surface area is 135 Å². The molecule has 0 aromatic heterocycles. The highest BCUT2D eigenvalue weighted by Crippen LogP contribution is 2.44. The monoisotopic (exact) mass is 399 g/mol. The quantitative estimate of drug-likeness (QED) is 0.786. The largest absolute Gasteiger partial charge is 0.351 e. The van der Waals surface area contributed by atoms with Gasteiger partial charge in [0.1, 0.15) is 0 Å². The Morgan fingerprint density at radius 2 is 2.05 bits per heavy atom. The lowest BCUT2D eigenvalue weighted by Crippen LogP contribution is -2.29. The Bertz CT molecular complexity index is 672. The van der Waals surface area contributed by atoms with Gasteiger partial charge < -0.3 is 5.32 Å². The SMILES string of the molecule is CC1(CNC(=O)c2cc(Cl)c(Br)c(S(=O)(=O)Cl)c2)CC1. The van der Waals surface area contributed by atoms with Gasteiger partial charge in [0.15, 0.2) is 0 Å². The van der Waals surface area contributed by atoms with Gasteiger partial charge in [0.2, 0.25) is 0 Å². The number of amides is 1. The summed E-state index contributed by atoms with van der Waals surface area (Å²) >= 11 is 8.97. The van der Waals surface area contributed by atoms with Crippen LogP contribution in [0.2, 0.25) is 5.02 Å². The number of benzene rings is 1. The van der Waals surface area contributed by atoms with Crippen molar-refractivity contribution in [2.24, 2.45) is 5.41 Å². The highest BCUT2D eigenvalue weighted by molar-refractivity contribution is 9.10. The number of halogens is 3. The van der Waals surface area contributed by atoms with E-state index in [0.29, 0.717) is 6.54 Å². The maximum absolute atomic E-state index is 12.0. The standard InChI is InChI=1S/C12H12BrCl2NO3S/c1-12(2-3-12)6-16-11(17)7-4-8(14)10(13)9(5-7)20(15,18)19/h4-5H,2-3,6H2,1H3,(H,16,17). The summed E-state index contributed by atoms with van der Waals surface area (Å²) in [4.78, 5) is 11.8. The maximum atomic E-state index is 12.0. The van der Waals surface area contributed by atoms with Gasteiger partial charge in [0, 0.05) is 22.8 Å². The third-order valence-electron chi connectivity index (χ3n) is 3.30. The number of carbonyl (C=O) groups is 1. The van der Waals surface area contributed by atoms with Crippen LogP contribution in [0.4, 0.5) is 0 Å². The normalized spacial score (nSPS) is 16.8. The molecule has 0 saturated heterocycles. The van der Waals surface area contributed by atoms with Crippen LogP contribution in [0.1, 0.15) is 30.1 Å². The highest BCUT2D eigenvalue weighted by Gasteiger charge is 2.37. The van der Waals surface area contributed by atoms with Crippen molar-refractivity contribution in [1.29, 1.82) is 0 Å². The molecule has 1 aliphatic carbocycles. The first-order chi connectivity index (χ1) is 9.12. The minimum absolute atomic E-state index is 0.120. The molecule has 4 nitrogen and oxygen atoms in total. The molecule has 1 aliphatic rings. The van der Waals surface area contributed by atoms with Crippen LogP contribution in [-0.2, 0) is 9.05 Å². The maximum Gasteiger partial charge on any atom is 0.262 e. The molecule has 2 rings (SSSR count). The van der Waals surface area contributed by atoms with Crippen LogP contribution < -0.4 is 5.32 Å². The van der Waals surface area contributed by atoms with Gasteiger partial charge in [-0.3, -0.25) is 4.79 Å². The van der Waals surface area contributed by atoms with Gasteiger partial charge in [0.05, 0.1) is 14.4 Å². The van der Waals surface area contributed by atoms with E-state index in [-0.39, 0.29) is 31.3 Å². The van der Waals surface area contributed by atoms with Crippen LogP contribution >= 0.6 is 38.2 Å². The van der Waals surface area contributed by atoms with E-state index in [1.165, 1.54) is 12.1 Å². The zero-order valence-corrected chi connectivity index (χ0v) is 14.5. The molecule has 1 aromatic rings. The summed E-state index contributed by atoms with van der Waals surface area (Å²) < 4.78 is 23.1. The number of rotatable bonds is 4. The Kier molecular flexibility index (Phi) is 4.40. The van der Waals surface area contributed by atoms with Crippen molar-refractivity contribution in [2.75, 3.05) is 6.54 Å². The van der Waals surface area contributed by atoms with Gasteiger partial charge in [-0.1, -0.05) is 18.5 Å². The lowest BCUT2D eigenvalue weighted by Gasteiger charge is -2.11. The number of hydrogen-bond donors (Lipinski definition) is 1. The smallest absolute Gasteiger partial charge is 0.262 e. The second kappa shape index (κ2) is 5.48. The van der Waals surface area contributed by atoms with Gasteiger partial charge in [0.25, 0.3) is 15.0 Å². The molecular formula is C12H12BrCl2NO3S. The second-order valence-electron chi connectivity index (χ2n) is 5.20. The van der Waals surface area contributed by atoms with Gasteiger partial charge in [-0.15, -0.1) is 0 Å². The van der Waals surface area contributed by atoms with Crippen molar-refractivity contribution in [3.05, 3.63) is 27.2 Å². The van der Waals surface area contributed by atoms with Crippen molar-refractivity contribution in [2.45, 2.75) is 24.7 Å². The Hall–Kier alpha value is -0.300. The molecule has 1 N–H and O–H groups in total. The molecule has 110 valence electrons. The first-order valence-corrected chi connectivity index (χ1v) is 9.32. The Morgan fingerprint density at radius 1 is 1.45 bits per heavy atom. The highest BCUT2D eigenvalue weighted by atomic mass is 79.9. The number of nitrogens with one attached hydrogen (secondary N) is 1.